The molecule has 6 heteroatoms. The lowest BCUT2D eigenvalue weighted by molar-refractivity contribution is 0.424. The fraction of sp³-hybridized carbons (Fsp3) is 0.667. The minimum absolute atomic E-state index is 0.140. The quantitative estimate of drug-likeness (QED) is 0.758. The molecule has 0 aliphatic heterocycles. The van der Waals surface area contributed by atoms with Crippen LogP contribution in [0.5, 0.6) is 0 Å². The van der Waals surface area contributed by atoms with Gasteiger partial charge in [-0.25, -0.2) is 8.42 Å². The Balaban J connectivity index is 3.35. The average molecular weight is 294 g/mol. The monoisotopic (exact) mass is 293 g/mol. The Morgan fingerprint density at radius 3 is 2.28 bits per heavy atom. The number of alkyl halides is 1. The molecule has 1 heterocycles. The first kappa shape index (κ1) is 15.5. The summed E-state index contributed by atoms with van der Waals surface area (Å²) in [4.78, 5) is 0.241. The second-order valence-electron chi connectivity index (χ2n) is 4.15. The fourth-order valence-corrected chi connectivity index (χ4v) is 4.38. The molecule has 1 aromatic heterocycles. The van der Waals surface area contributed by atoms with Gasteiger partial charge in [0.1, 0.15) is 16.4 Å². The smallest absolute Gasteiger partial charge is 0.246 e. The molecule has 0 aliphatic rings. The van der Waals surface area contributed by atoms with Gasteiger partial charge in [0.25, 0.3) is 0 Å². The number of sulfonamides is 1. The molecule has 4 nitrogen and oxygen atoms in total. The van der Waals surface area contributed by atoms with Gasteiger partial charge in [-0.3, -0.25) is 0 Å². The third-order valence-corrected chi connectivity index (χ3v) is 5.32. The van der Waals surface area contributed by atoms with Gasteiger partial charge in [-0.1, -0.05) is 13.8 Å². The second kappa shape index (κ2) is 6.08. The predicted molar refractivity (Wildman–Crippen MR) is 72.5 cm³/mol. The molecule has 1 rings (SSSR count). The Kier molecular flexibility index (Phi) is 5.25. The van der Waals surface area contributed by atoms with Crippen LogP contribution in [0.4, 0.5) is 0 Å². The first-order valence-electron chi connectivity index (χ1n) is 6.05. The van der Waals surface area contributed by atoms with E-state index in [1.54, 1.807) is 13.8 Å². The lowest BCUT2D eigenvalue weighted by Gasteiger charge is -2.19. The first-order chi connectivity index (χ1) is 8.39. The molecule has 0 radical (unpaired) electrons. The van der Waals surface area contributed by atoms with E-state index in [-0.39, 0.29) is 10.8 Å². The number of hydrogen-bond acceptors (Lipinski definition) is 3. The van der Waals surface area contributed by atoms with E-state index in [1.165, 1.54) is 4.31 Å². The Labute approximate surface area is 114 Å². The van der Waals surface area contributed by atoms with E-state index < -0.39 is 10.0 Å². The van der Waals surface area contributed by atoms with Crippen LogP contribution in [0.1, 0.15) is 37.4 Å². The van der Waals surface area contributed by atoms with E-state index in [1.807, 2.05) is 13.8 Å². The molecule has 0 saturated heterocycles. The third kappa shape index (κ3) is 2.73. The van der Waals surface area contributed by atoms with Crippen LogP contribution in [0.3, 0.4) is 0 Å². The maximum absolute atomic E-state index is 12.6. The molecule has 0 amide bonds. The van der Waals surface area contributed by atoms with Crippen molar-refractivity contribution in [2.75, 3.05) is 13.1 Å². The van der Waals surface area contributed by atoms with Crippen molar-refractivity contribution in [2.24, 2.45) is 0 Å². The van der Waals surface area contributed by atoms with E-state index in [2.05, 4.69) is 0 Å². The van der Waals surface area contributed by atoms with E-state index >= 15 is 0 Å². The standard InChI is InChI=1S/C12H20ClNO3S/c1-5-7-14(6-2)18(15,16)12-10(4)17-9(3)11(12)8-13/h5-8H2,1-4H3. The van der Waals surface area contributed by atoms with Crippen LogP contribution in [0.15, 0.2) is 9.31 Å². The molecule has 0 unspecified atom stereocenters. The van der Waals surface area contributed by atoms with Gasteiger partial charge < -0.3 is 4.42 Å². The first-order valence-corrected chi connectivity index (χ1v) is 8.02. The van der Waals surface area contributed by atoms with Crippen molar-refractivity contribution < 1.29 is 12.8 Å². The maximum atomic E-state index is 12.6. The molecule has 0 bridgehead atoms. The molecule has 0 spiro atoms. The number of rotatable bonds is 6. The van der Waals surface area contributed by atoms with Crippen molar-refractivity contribution >= 4 is 21.6 Å². The summed E-state index contributed by atoms with van der Waals surface area (Å²) in [6, 6.07) is 0. The van der Waals surface area contributed by atoms with Crippen molar-refractivity contribution in [1.29, 1.82) is 0 Å². The Morgan fingerprint density at radius 2 is 1.83 bits per heavy atom. The van der Waals surface area contributed by atoms with E-state index in [0.717, 1.165) is 6.42 Å². The molecule has 0 aromatic carbocycles. The molecule has 104 valence electrons. The number of hydrogen-bond donors (Lipinski definition) is 0. The third-order valence-electron chi connectivity index (χ3n) is 2.88. The zero-order valence-corrected chi connectivity index (χ0v) is 12.9. The minimum atomic E-state index is -3.51. The molecular formula is C12H20ClNO3S. The number of nitrogens with zero attached hydrogens (tertiary/aromatic N) is 1. The van der Waals surface area contributed by atoms with Crippen molar-refractivity contribution in [3.8, 4) is 0 Å². The molecule has 0 saturated carbocycles. The number of furan rings is 1. The van der Waals surface area contributed by atoms with Crippen LogP contribution in [-0.4, -0.2) is 25.8 Å². The summed E-state index contributed by atoms with van der Waals surface area (Å²) < 4.78 is 32.0. The van der Waals surface area contributed by atoms with Crippen LogP contribution < -0.4 is 0 Å². The lowest BCUT2D eigenvalue weighted by Crippen LogP contribution is -2.32. The van der Waals surface area contributed by atoms with Crippen LogP contribution in [0, 0.1) is 13.8 Å². The molecule has 0 fully saturated rings. The van der Waals surface area contributed by atoms with Gasteiger partial charge in [-0.2, -0.15) is 4.31 Å². The van der Waals surface area contributed by atoms with Gasteiger partial charge in [0.05, 0.1) is 5.88 Å². The summed E-state index contributed by atoms with van der Waals surface area (Å²) in [7, 11) is -3.51. The lowest BCUT2D eigenvalue weighted by atomic mass is 10.3. The van der Waals surface area contributed by atoms with Gasteiger partial charge in [0.2, 0.25) is 10.0 Å². The summed E-state index contributed by atoms with van der Waals surface area (Å²) in [5, 5.41) is 0. The topological polar surface area (TPSA) is 50.5 Å². The zero-order valence-electron chi connectivity index (χ0n) is 11.3. The number of halogens is 1. The summed E-state index contributed by atoms with van der Waals surface area (Å²) in [5.74, 6) is 1.13. The number of aryl methyl sites for hydroxylation is 2. The van der Waals surface area contributed by atoms with E-state index in [9.17, 15) is 8.42 Å². The van der Waals surface area contributed by atoms with Gasteiger partial charge in [-0.15, -0.1) is 11.6 Å². The van der Waals surface area contributed by atoms with Crippen molar-refractivity contribution in [2.45, 2.75) is 44.9 Å². The van der Waals surface area contributed by atoms with Gasteiger partial charge in [0.15, 0.2) is 0 Å². The van der Waals surface area contributed by atoms with Crippen molar-refractivity contribution in [3.63, 3.8) is 0 Å². The maximum Gasteiger partial charge on any atom is 0.246 e. The highest BCUT2D eigenvalue weighted by atomic mass is 35.5. The highest BCUT2D eigenvalue weighted by Crippen LogP contribution is 2.30. The Hall–Kier alpha value is -0.520. The Bertz CT molecular complexity index is 508. The van der Waals surface area contributed by atoms with Crippen molar-refractivity contribution in [1.82, 2.24) is 4.31 Å². The highest BCUT2D eigenvalue weighted by molar-refractivity contribution is 7.89. The average Bonchev–Trinajstić information content (AvgIpc) is 2.60. The zero-order chi connectivity index (χ0) is 13.9. The Morgan fingerprint density at radius 1 is 1.22 bits per heavy atom. The molecule has 18 heavy (non-hydrogen) atoms. The van der Waals surface area contributed by atoms with Gasteiger partial charge in [-0.05, 0) is 20.3 Å². The summed E-state index contributed by atoms with van der Waals surface area (Å²) in [6.07, 6.45) is 0.777. The van der Waals surface area contributed by atoms with Crippen LogP contribution >= 0.6 is 11.6 Å². The molecule has 1 aromatic rings. The molecular weight excluding hydrogens is 274 g/mol. The van der Waals surface area contributed by atoms with Crippen molar-refractivity contribution in [3.05, 3.63) is 17.1 Å². The minimum Gasteiger partial charge on any atom is -0.465 e. The van der Waals surface area contributed by atoms with Crippen LogP contribution in [0.2, 0.25) is 0 Å². The fourth-order valence-electron chi connectivity index (χ4n) is 2.03. The largest absolute Gasteiger partial charge is 0.465 e. The normalized spacial score (nSPS) is 12.3. The molecule has 0 atom stereocenters. The molecule has 0 N–H and O–H groups in total. The second-order valence-corrected chi connectivity index (χ2v) is 6.29. The van der Waals surface area contributed by atoms with Crippen LogP contribution in [-0.2, 0) is 15.9 Å². The van der Waals surface area contributed by atoms with E-state index in [4.69, 9.17) is 16.0 Å². The van der Waals surface area contributed by atoms with Gasteiger partial charge >= 0.3 is 0 Å². The van der Waals surface area contributed by atoms with Gasteiger partial charge in [0, 0.05) is 18.7 Å². The molecule has 0 aliphatic carbocycles. The van der Waals surface area contributed by atoms with Crippen LogP contribution in [0.25, 0.3) is 0 Å². The summed E-state index contributed by atoms with van der Waals surface area (Å²) >= 11 is 5.84. The van der Waals surface area contributed by atoms with E-state index in [0.29, 0.717) is 30.2 Å². The SMILES string of the molecule is CCCN(CC)S(=O)(=O)c1c(C)oc(C)c1CCl. The summed E-state index contributed by atoms with van der Waals surface area (Å²) in [6.45, 7) is 8.13. The predicted octanol–water partition coefficient (Wildman–Crippen LogP) is 3.06. The highest BCUT2D eigenvalue weighted by Gasteiger charge is 2.30. The summed E-state index contributed by atoms with van der Waals surface area (Å²) in [5.41, 5.74) is 0.573.